The van der Waals surface area contributed by atoms with E-state index in [-0.39, 0.29) is 5.91 Å². The van der Waals surface area contributed by atoms with E-state index in [1.807, 2.05) is 19.1 Å². The molecule has 0 aliphatic carbocycles. The van der Waals surface area contributed by atoms with Gasteiger partial charge in [-0.2, -0.15) is 0 Å². The van der Waals surface area contributed by atoms with Crippen molar-refractivity contribution in [3.8, 4) is 0 Å². The highest BCUT2D eigenvalue weighted by Crippen LogP contribution is 2.13. The van der Waals surface area contributed by atoms with Crippen LogP contribution in [0, 0.1) is 0 Å². The molecular formula is C12H15N3O2S. The summed E-state index contributed by atoms with van der Waals surface area (Å²) < 4.78 is 5.25. The number of carbonyl (C=O) groups excluding carboxylic acids is 1. The lowest BCUT2D eigenvalue weighted by molar-refractivity contribution is 0.0736. The molecule has 5 nitrogen and oxygen atoms in total. The SMILES string of the molecule is CCN(Cc1ccco1)C(=O)c1csc(CN)n1. The Labute approximate surface area is 109 Å². The van der Waals surface area contributed by atoms with Gasteiger partial charge in [0, 0.05) is 18.5 Å². The molecular weight excluding hydrogens is 250 g/mol. The second-order valence-electron chi connectivity index (χ2n) is 3.73. The van der Waals surface area contributed by atoms with Crippen LogP contribution in [0.15, 0.2) is 28.2 Å². The van der Waals surface area contributed by atoms with Crippen molar-refractivity contribution in [3.05, 3.63) is 40.2 Å². The molecule has 2 heterocycles. The van der Waals surface area contributed by atoms with Crippen molar-refractivity contribution in [2.75, 3.05) is 6.54 Å². The molecule has 18 heavy (non-hydrogen) atoms. The van der Waals surface area contributed by atoms with Crippen molar-refractivity contribution < 1.29 is 9.21 Å². The van der Waals surface area contributed by atoms with Crippen LogP contribution in [0.25, 0.3) is 0 Å². The van der Waals surface area contributed by atoms with E-state index < -0.39 is 0 Å². The number of hydrogen-bond acceptors (Lipinski definition) is 5. The maximum absolute atomic E-state index is 12.2. The molecule has 0 aliphatic rings. The van der Waals surface area contributed by atoms with Crippen LogP contribution in [0.1, 0.15) is 28.2 Å². The number of rotatable bonds is 5. The summed E-state index contributed by atoms with van der Waals surface area (Å²) in [6.07, 6.45) is 1.60. The fourth-order valence-electron chi connectivity index (χ4n) is 1.58. The van der Waals surface area contributed by atoms with Gasteiger partial charge < -0.3 is 15.1 Å². The van der Waals surface area contributed by atoms with E-state index in [9.17, 15) is 4.79 Å². The predicted molar refractivity (Wildman–Crippen MR) is 69.1 cm³/mol. The second kappa shape index (κ2) is 5.79. The number of furan rings is 1. The minimum absolute atomic E-state index is 0.0927. The van der Waals surface area contributed by atoms with E-state index >= 15 is 0 Å². The Kier molecular flexibility index (Phi) is 4.11. The normalized spacial score (nSPS) is 10.6. The van der Waals surface area contributed by atoms with E-state index in [0.29, 0.717) is 25.3 Å². The van der Waals surface area contributed by atoms with Gasteiger partial charge in [-0.05, 0) is 19.1 Å². The van der Waals surface area contributed by atoms with Crippen LogP contribution in [0.5, 0.6) is 0 Å². The third kappa shape index (κ3) is 2.77. The first-order valence-corrected chi connectivity index (χ1v) is 6.58. The lowest BCUT2D eigenvalue weighted by Gasteiger charge is -2.18. The minimum atomic E-state index is -0.0927. The third-order valence-electron chi connectivity index (χ3n) is 2.54. The van der Waals surface area contributed by atoms with Crippen LogP contribution in [0.3, 0.4) is 0 Å². The summed E-state index contributed by atoms with van der Waals surface area (Å²) in [6, 6.07) is 3.66. The lowest BCUT2D eigenvalue weighted by Crippen LogP contribution is -2.30. The van der Waals surface area contributed by atoms with Gasteiger partial charge in [0.25, 0.3) is 5.91 Å². The summed E-state index contributed by atoms with van der Waals surface area (Å²) in [6.45, 7) is 3.35. The maximum atomic E-state index is 12.2. The van der Waals surface area contributed by atoms with Crippen LogP contribution in [-0.4, -0.2) is 22.3 Å². The summed E-state index contributed by atoms with van der Waals surface area (Å²) in [4.78, 5) is 18.1. The number of amides is 1. The van der Waals surface area contributed by atoms with Crippen molar-refractivity contribution in [2.24, 2.45) is 5.73 Å². The van der Waals surface area contributed by atoms with Gasteiger partial charge in [0.1, 0.15) is 16.5 Å². The van der Waals surface area contributed by atoms with Gasteiger partial charge in [-0.15, -0.1) is 11.3 Å². The van der Waals surface area contributed by atoms with Gasteiger partial charge >= 0.3 is 0 Å². The first kappa shape index (κ1) is 12.8. The van der Waals surface area contributed by atoms with Gasteiger partial charge in [0.15, 0.2) is 0 Å². The van der Waals surface area contributed by atoms with Gasteiger partial charge in [0.05, 0.1) is 12.8 Å². The Balaban J connectivity index is 2.09. The van der Waals surface area contributed by atoms with Crippen LogP contribution >= 0.6 is 11.3 Å². The Morgan fingerprint density at radius 3 is 3.00 bits per heavy atom. The molecule has 2 aromatic heterocycles. The van der Waals surface area contributed by atoms with Crippen molar-refractivity contribution in [2.45, 2.75) is 20.0 Å². The van der Waals surface area contributed by atoms with Crippen LogP contribution in [0.2, 0.25) is 0 Å². The maximum Gasteiger partial charge on any atom is 0.273 e. The number of aromatic nitrogens is 1. The van der Waals surface area contributed by atoms with Crippen molar-refractivity contribution in [1.29, 1.82) is 0 Å². The highest BCUT2D eigenvalue weighted by molar-refractivity contribution is 7.09. The zero-order chi connectivity index (χ0) is 13.0. The Hall–Kier alpha value is -1.66. The van der Waals surface area contributed by atoms with Crippen molar-refractivity contribution >= 4 is 17.2 Å². The summed E-state index contributed by atoms with van der Waals surface area (Å²) in [5.41, 5.74) is 5.94. The standard InChI is InChI=1S/C12H15N3O2S/c1-2-15(7-9-4-3-5-17-9)12(16)10-8-18-11(6-13)14-10/h3-5,8H,2,6-7,13H2,1H3. The van der Waals surface area contributed by atoms with Crippen LogP contribution in [0.4, 0.5) is 0 Å². The van der Waals surface area contributed by atoms with Gasteiger partial charge in [-0.1, -0.05) is 0 Å². The van der Waals surface area contributed by atoms with E-state index in [2.05, 4.69) is 4.98 Å². The smallest absolute Gasteiger partial charge is 0.273 e. The monoisotopic (exact) mass is 265 g/mol. The quantitative estimate of drug-likeness (QED) is 0.895. The van der Waals surface area contributed by atoms with Crippen LogP contribution in [-0.2, 0) is 13.1 Å². The number of nitrogens with two attached hydrogens (primary N) is 1. The molecule has 0 saturated heterocycles. The third-order valence-corrected chi connectivity index (χ3v) is 3.41. The molecule has 0 spiro atoms. The number of carbonyl (C=O) groups is 1. The zero-order valence-corrected chi connectivity index (χ0v) is 10.9. The van der Waals surface area contributed by atoms with E-state index in [0.717, 1.165) is 10.8 Å². The average Bonchev–Trinajstić information content (AvgIpc) is 3.06. The van der Waals surface area contributed by atoms with E-state index in [1.54, 1.807) is 16.5 Å². The summed E-state index contributed by atoms with van der Waals surface area (Å²) in [5, 5.41) is 2.52. The van der Waals surface area contributed by atoms with Crippen molar-refractivity contribution in [1.82, 2.24) is 9.88 Å². The van der Waals surface area contributed by atoms with E-state index in [1.165, 1.54) is 11.3 Å². The number of hydrogen-bond donors (Lipinski definition) is 1. The lowest BCUT2D eigenvalue weighted by atomic mass is 10.3. The fourth-order valence-corrected chi connectivity index (χ4v) is 2.23. The molecule has 0 bridgehead atoms. The number of nitrogens with zero attached hydrogens (tertiary/aromatic N) is 2. The highest BCUT2D eigenvalue weighted by Gasteiger charge is 2.18. The molecule has 0 saturated carbocycles. The molecule has 0 atom stereocenters. The Bertz CT molecular complexity index is 507. The molecule has 2 aromatic rings. The molecule has 0 fully saturated rings. The summed E-state index contributed by atoms with van der Waals surface area (Å²) >= 11 is 1.41. The van der Waals surface area contributed by atoms with Crippen molar-refractivity contribution in [3.63, 3.8) is 0 Å². The molecule has 0 radical (unpaired) electrons. The van der Waals surface area contributed by atoms with Gasteiger partial charge in [-0.25, -0.2) is 4.98 Å². The summed E-state index contributed by atoms with van der Waals surface area (Å²) in [5.74, 6) is 0.671. The molecule has 96 valence electrons. The predicted octanol–water partition coefficient (Wildman–Crippen LogP) is 1.86. The molecule has 2 rings (SSSR count). The first-order valence-electron chi connectivity index (χ1n) is 5.70. The molecule has 0 aliphatic heterocycles. The molecule has 0 unspecified atom stereocenters. The van der Waals surface area contributed by atoms with Gasteiger partial charge in [0.2, 0.25) is 0 Å². The summed E-state index contributed by atoms with van der Waals surface area (Å²) in [7, 11) is 0. The van der Waals surface area contributed by atoms with Gasteiger partial charge in [-0.3, -0.25) is 4.79 Å². The Morgan fingerprint density at radius 2 is 2.44 bits per heavy atom. The first-order chi connectivity index (χ1) is 8.74. The molecule has 6 heteroatoms. The number of thiazole rings is 1. The topological polar surface area (TPSA) is 72.4 Å². The minimum Gasteiger partial charge on any atom is -0.467 e. The highest BCUT2D eigenvalue weighted by atomic mass is 32.1. The second-order valence-corrected chi connectivity index (χ2v) is 4.67. The zero-order valence-electron chi connectivity index (χ0n) is 10.1. The van der Waals surface area contributed by atoms with E-state index in [4.69, 9.17) is 10.2 Å². The molecule has 0 aromatic carbocycles. The molecule has 2 N–H and O–H groups in total. The fraction of sp³-hybridized carbons (Fsp3) is 0.333. The molecule has 1 amide bonds. The average molecular weight is 265 g/mol. The van der Waals surface area contributed by atoms with Crippen LogP contribution < -0.4 is 5.73 Å². The Morgan fingerprint density at radius 1 is 1.61 bits per heavy atom. The largest absolute Gasteiger partial charge is 0.467 e.